The molecule has 0 saturated heterocycles. The molecule has 2 aromatic rings. The number of benzene rings is 1. The summed E-state index contributed by atoms with van der Waals surface area (Å²) in [6.45, 7) is 9.65. The van der Waals surface area contributed by atoms with Gasteiger partial charge in [0.1, 0.15) is 5.01 Å². The van der Waals surface area contributed by atoms with E-state index in [0.29, 0.717) is 5.92 Å². The molecule has 1 atom stereocenters. The van der Waals surface area contributed by atoms with E-state index in [1.54, 1.807) is 11.3 Å². The van der Waals surface area contributed by atoms with Crippen LogP contribution in [0.2, 0.25) is 5.02 Å². The van der Waals surface area contributed by atoms with Gasteiger partial charge in [-0.1, -0.05) is 44.5 Å². The number of halogens is 1. The lowest BCUT2D eigenvalue weighted by atomic mass is 9.93. The van der Waals surface area contributed by atoms with E-state index in [2.05, 4.69) is 50.5 Å². The van der Waals surface area contributed by atoms with E-state index in [1.165, 1.54) is 11.3 Å². The molecule has 0 aliphatic rings. The number of hydrogen-bond donors (Lipinski definition) is 1. The Morgan fingerprint density at radius 2 is 1.95 bits per heavy atom. The zero-order valence-electron chi connectivity index (χ0n) is 13.1. The Bertz CT molecular complexity index is 577. The van der Waals surface area contributed by atoms with Crippen molar-refractivity contribution in [3.8, 4) is 0 Å². The lowest BCUT2D eigenvalue weighted by Gasteiger charge is -2.28. The lowest BCUT2D eigenvalue weighted by molar-refractivity contribution is 0.370. The van der Waals surface area contributed by atoms with Gasteiger partial charge < -0.3 is 5.32 Å². The number of nitrogens with one attached hydrogen (secondary N) is 1. The molecule has 0 spiro atoms. The number of thiazole rings is 1. The van der Waals surface area contributed by atoms with E-state index in [1.807, 2.05) is 12.1 Å². The summed E-state index contributed by atoms with van der Waals surface area (Å²) in [5.41, 5.74) is 2.31. The Morgan fingerprint density at radius 3 is 2.48 bits per heavy atom. The van der Waals surface area contributed by atoms with Gasteiger partial charge in [0.25, 0.3) is 0 Å². The van der Waals surface area contributed by atoms with E-state index in [9.17, 15) is 0 Å². The van der Waals surface area contributed by atoms with Crippen molar-refractivity contribution in [3.05, 3.63) is 50.9 Å². The summed E-state index contributed by atoms with van der Waals surface area (Å²) in [6.07, 6.45) is 0.906. The number of hydrogen-bond acceptors (Lipinski definition) is 3. The van der Waals surface area contributed by atoms with Crippen LogP contribution in [0.3, 0.4) is 0 Å². The second-order valence-corrected chi connectivity index (χ2v) is 7.19. The molecule has 2 nitrogen and oxygen atoms in total. The normalized spacial score (nSPS) is 14.4. The highest BCUT2D eigenvalue weighted by Crippen LogP contribution is 2.30. The molecule has 1 aromatic carbocycles. The molecule has 1 N–H and O–H groups in total. The average molecular weight is 323 g/mol. The first-order valence-corrected chi connectivity index (χ1v) is 8.65. The van der Waals surface area contributed by atoms with Crippen molar-refractivity contribution in [2.75, 3.05) is 6.54 Å². The fourth-order valence-corrected chi connectivity index (χ4v) is 3.66. The molecular formula is C17H23ClN2S. The standard InChI is InChI=1S/C17H23ClN2S/c1-5-19-17(4,10-13-6-8-14(18)9-7-13)16-20-15(11-21-16)12(2)3/h6-9,11-12,19H,5,10H2,1-4H3. The van der Waals surface area contributed by atoms with Gasteiger partial charge in [-0.3, -0.25) is 0 Å². The first kappa shape index (κ1) is 16.5. The van der Waals surface area contributed by atoms with E-state index in [4.69, 9.17) is 16.6 Å². The maximum atomic E-state index is 5.97. The van der Waals surface area contributed by atoms with E-state index >= 15 is 0 Å². The molecule has 0 aliphatic heterocycles. The SMILES string of the molecule is CCNC(C)(Cc1ccc(Cl)cc1)c1nc(C(C)C)cs1. The molecular weight excluding hydrogens is 300 g/mol. The Hall–Kier alpha value is -0.900. The fraction of sp³-hybridized carbons (Fsp3) is 0.471. The van der Waals surface area contributed by atoms with Gasteiger partial charge in [0.2, 0.25) is 0 Å². The third kappa shape index (κ3) is 4.06. The number of aromatic nitrogens is 1. The lowest BCUT2D eigenvalue weighted by Crippen LogP contribution is -2.41. The largest absolute Gasteiger partial charge is 0.306 e. The summed E-state index contributed by atoms with van der Waals surface area (Å²) in [6, 6.07) is 8.08. The van der Waals surface area contributed by atoms with Crippen LogP contribution < -0.4 is 5.32 Å². The highest BCUT2D eigenvalue weighted by molar-refractivity contribution is 7.09. The zero-order chi connectivity index (χ0) is 15.5. The second kappa shape index (κ2) is 6.91. The summed E-state index contributed by atoms with van der Waals surface area (Å²) in [4.78, 5) is 4.84. The third-order valence-corrected chi connectivity index (χ3v) is 5.00. The summed E-state index contributed by atoms with van der Waals surface area (Å²) in [7, 11) is 0. The monoisotopic (exact) mass is 322 g/mol. The van der Waals surface area contributed by atoms with Gasteiger partial charge in [-0.15, -0.1) is 11.3 Å². The minimum atomic E-state index is -0.139. The van der Waals surface area contributed by atoms with E-state index in [-0.39, 0.29) is 5.54 Å². The predicted molar refractivity (Wildman–Crippen MR) is 92.4 cm³/mol. The van der Waals surface area contributed by atoms with Crippen LogP contribution in [-0.2, 0) is 12.0 Å². The molecule has 2 rings (SSSR count). The minimum Gasteiger partial charge on any atom is -0.306 e. The molecule has 0 aliphatic carbocycles. The molecule has 4 heteroatoms. The van der Waals surface area contributed by atoms with Crippen molar-refractivity contribution in [1.82, 2.24) is 10.3 Å². The van der Waals surface area contributed by atoms with Crippen LogP contribution in [0.4, 0.5) is 0 Å². The van der Waals surface area contributed by atoms with Crippen molar-refractivity contribution < 1.29 is 0 Å². The molecule has 21 heavy (non-hydrogen) atoms. The third-order valence-electron chi connectivity index (χ3n) is 3.62. The topological polar surface area (TPSA) is 24.9 Å². The summed E-state index contributed by atoms with van der Waals surface area (Å²) in [5.74, 6) is 0.469. The maximum Gasteiger partial charge on any atom is 0.113 e. The molecule has 0 radical (unpaired) electrons. The van der Waals surface area contributed by atoms with Crippen molar-refractivity contribution in [3.63, 3.8) is 0 Å². The first-order chi connectivity index (χ1) is 9.94. The first-order valence-electron chi connectivity index (χ1n) is 7.40. The minimum absolute atomic E-state index is 0.139. The van der Waals surface area contributed by atoms with Crippen LogP contribution >= 0.6 is 22.9 Å². The van der Waals surface area contributed by atoms with Crippen LogP contribution in [0.15, 0.2) is 29.6 Å². The van der Waals surface area contributed by atoms with Crippen LogP contribution in [-0.4, -0.2) is 11.5 Å². The Morgan fingerprint density at radius 1 is 1.29 bits per heavy atom. The predicted octanol–water partition coefficient (Wildman–Crippen LogP) is 4.99. The number of nitrogens with zero attached hydrogens (tertiary/aromatic N) is 1. The van der Waals surface area contributed by atoms with Gasteiger partial charge in [0, 0.05) is 10.4 Å². The molecule has 0 fully saturated rings. The molecule has 1 heterocycles. The van der Waals surface area contributed by atoms with Crippen LogP contribution in [0, 0.1) is 0 Å². The van der Waals surface area contributed by atoms with Gasteiger partial charge in [0.05, 0.1) is 11.2 Å². The van der Waals surface area contributed by atoms with E-state index in [0.717, 1.165) is 23.0 Å². The van der Waals surface area contributed by atoms with Crippen LogP contribution in [0.25, 0.3) is 0 Å². The maximum absolute atomic E-state index is 5.97. The summed E-state index contributed by atoms with van der Waals surface area (Å²) < 4.78 is 0. The van der Waals surface area contributed by atoms with E-state index < -0.39 is 0 Å². The van der Waals surface area contributed by atoms with Crippen molar-refractivity contribution >= 4 is 22.9 Å². The quantitative estimate of drug-likeness (QED) is 0.810. The Balaban J connectivity index is 2.27. The van der Waals surface area contributed by atoms with Crippen LogP contribution in [0.1, 0.15) is 49.9 Å². The molecule has 1 unspecified atom stereocenters. The second-order valence-electron chi connectivity index (χ2n) is 5.90. The van der Waals surface area contributed by atoms with Gasteiger partial charge in [0.15, 0.2) is 0 Å². The van der Waals surface area contributed by atoms with Crippen molar-refractivity contribution in [1.29, 1.82) is 0 Å². The van der Waals surface area contributed by atoms with Gasteiger partial charge in [-0.05, 0) is 43.5 Å². The Labute approximate surface area is 136 Å². The molecule has 0 bridgehead atoms. The highest BCUT2D eigenvalue weighted by Gasteiger charge is 2.29. The summed E-state index contributed by atoms with van der Waals surface area (Å²) >= 11 is 7.72. The molecule has 0 amide bonds. The van der Waals surface area contributed by atoms with Gasteiger partial charge in [-0.2, -0.15) is 0 Å². The molecule has 114 valence electrons. The fourth-order valence-electron chi connectivity index (χ4n) is 2.42. The smallest absolute Gasteiger partial charge is 0.113 e. The van der Waals surface area contributed by atoms with Crippen LogP contribution in [0.5, 0.6) is 0 Å². The van der Waals surface area contributed by atoms with Gasteiger partial charge in [-0.25, -0.2) is 4.98 Å². The van der Waals surface area contributed by atoms with Crippen molar-refractivity contribution in [2.45, 2.75) is 45.6 Å². The number of rotatable bonds is 6. The number of likely N-dealkylation sites (N-methyl/N-ethyl adjacent to an activating group) is 1. The summed E-state index contributed by atoms with van der Waals surface area (Å²) in [5, 5.41) is 7.72. The zero-order valence-corrected chi connectivity index (χ0v) is 14.7. The average Bonchev–Trinajstić information content (AvgIpc) is 2.92. The Kier molecular flexibility index (Phi) is 5.42. The highest BCUT2D eigenvalue weighted by atomic mass is 35.5. The molecule has 0 saturated carbocycles. The molecule has 1 aromatic heterocycles. The van der Waals surface area contributed by atoms with Gasteiger partial charge >= 0.3 is 0 Å². The van der Waals surface area contributed by atoms with Crippen molar-refractivity contribution in [2.24, 2.45) is 0 Å².